The summed E-state index contributed by atoms with van der Waals surface area (Å²) in [5.41, 5.74) is 20.0. The Morgan fingerprint density at radius 2 is 0.980 bits per heavy atom. The van der Waals surface area contributed by atoms with Gasteiger partial charge in [-0.3, -0.25) is 4.98 Å². The van der Waals surface area contributed by atoms with Crippen molar-refractivity contribution in [1.29, 1.82) is 0 Å². The van der Waals surface area contributed by atoms with Crippen LogP contribution in [0.5, 0.6) is 0 Å². The molecule has 50 heavy (non-hydrogen) atoms. The molecular formula is C48H38N2. The van der Waals surface area contributed by atoms with Crippen LogP contribution in [0.4, 0.5) is 17.1 Å². The molecule has 0 radical (unpaired) electrons. The third-order valence-corrected chi connectivity index (χ3v) is 12.0. The number of benzene rings is 6. The number of anilines is 3. The molecule has 0 saturated carbocycles. The van der Waals surface area contributed by atoms with Crippen LogP contribution in [0.1, 0.15) is 69.2 Å². The molecule has 7 aromatic rings. The van der Waals surface area contributed by atoms with Gasteiger partial charge in [-0.05, 0) is 124 Å². The van der Waals surface area contributed by atoms with Gasteiger partial charge in [0.05, 0.1) is 0 Å². The van der Waals surface area contributed by atoms with E-state index in [0.29, 0.717) is 17.8 Å². The highest BCUT2D eigenvalue weighted by molar-refractivity contribution is 5.81. The maximum atomic E-state index is 4.28. The predicted octanol–water partition coefficient (Wildman–Crippen LogP) is 12.2. The summed E-state index contributed by atoms with van der Waals surface area (Å²) >= 11 is 0. The molecule has 3 aliphatic rings. The van der Waals surface area contributed by atoms with Gasteiger partial charge >= 0.3 is 0 Å². The number of aromatic nitrogens is 1. The van der Waals surface area contributed by atoms with E-state index in [1.807, 2.05) is 12.4 Å². The van der Waals surface area contributed by atoms with E-state index >= 15 is 0 Å². The Morgan fingerprint density at radius 1 is 0.460 bits per heavy atom. The van der Waals surface area contributed by atoms with E-state index in [4.69, 9.17) is 0 Å². The van der Waals surface area contributed by atoms with E-state index in [-0.39, 0.29) is 5.41 Å². The van der Waals surface area contributed by atoms with Crippen molar-refractivity contribution in [3.63, 3.8) is 0 Å². The number of aryl methyl sites for hydroxylation is 2. The lowest BCUT2D eigenvalue weighted by molar-refractivity contribution is 0.288. The van der Waals surface area contributed by atoms with Crippen LogP contribution in [0.3, 0.4) is 0 Å². The molecule has 4 atom stereocenters. The summed E-state index contributed by atoms with van der Waals surface area (Å²) in [6, 6.07) is 54.8. The number of hydrogen-bond donors (Lipinski definition) is 0. The predicted molar refractivity (Wildman–Crippen MR) is 206 cm³/mol. The summed E-state index contributed by atoms with van der Waals surface area (Å²) in [7, 11) is 0. The van der Waals surface area contributed by atoms with Gasteiger partial charge in [-0.25, -0.2) is 0 Å². The van der Waals surface area contributed by atoms with E-state index in [0.717, 1.165) is 5.69 Å². The van der Waals surface area contributed by atoms with Gasteiger partial charge in [0.2, 0.25) is 0 Å². The third kappa shape index (κ3) is 4.12. The van der Waals surface area contributed by atoms with Crippen LogP contribution in [0.2, 0.25) is 0 Å². The van der Waals surface area contributed by atoms with E-state index in [2.05, 4.69) is 176 Å². The molecule has 0 amide bonds. The van der Waals surface area contributed by atoms with Gasteiger partial charge in [-0.1, -0.05) is 110 Å². The van der Waals surface area contributed by atoms with Crippen molar-refractivity contribution in [1.82, 2.24) is 4.98 Å². The molecule has 0 fully saturated rings. The Labute approximate surface area is 294 Å². The highest BCUT2D eigenvalue weighted by Crippen LogP contribution is 2.76. The fraction of sp³-hybridized carbons (Fsp3) is 0.146. The SMILES string of the molecule is Cc1ccc(N(c2ccc(-c3ccccc3C)cc2)c2ccc3c(c2)C2c4ccc(-c5ccncc5)cc4C4c5ccccc5C3C42C)cc1. The lowest BCUT2D eigenvalue weighted by atomic mass is 9.70. The molecule has 0 spiro atoms. The summed E-state index contributed by atoms with van der Waals surface area (Å²) < 4.78 is 0. The molecule has 4 unspecified atom stereocenters. The van der Waals surface area contributed by atoms with E-state index < -0.39 is 0 Å². The van der Waals surface area contributed by atoms with E-state index in [1.54, 1.807) is 0 Å². The number of nitrogens with zero attached hydrogens (tertiary/aromatic N) is 2. The highest BCUT2D eigenvalue weighted by Gasteiger charge is 2.64. The van der Waals surface area contributed by atoms with Crippen molar-refractivity contribution in [3.8, 4) is 22.3 Å². The summed E-state index contributed by atoms with van der Waals surface area (Å²) in [5.74, 6) is 1.02. The Bertz CT molecular complexity index is 2430. The zero-order chi connectivity index (χ0) is 33.6. The minimum absolute atomic E-state index is 0.0354. The lowest BCUT2D eigenvalue weighted by Crippen LogP contribution is -2.23. The second-order valence-corrected chi connectivity index (χ2v) is 14.7. The quantitative estimate of drug-likeness (QED) is 0.186. The van der Waals surface area contributed by atoms with Crippen LogP contribution in [-0.4, -0.2) is 4.98 Å². The van der Waals surface area contributed by atoms with Gasteiger partial charge in [0.1, 0.15) is 0 Å². The second kappa shape index (κ2) is 10.9. The normalized spacial score (nSPS) is 20.6. The summed E-state index contributed by atoms with van der Waals surface area (Å²) in [6.45, 7) is 6.92. The van der Waals surface area contributed by atoms with Crippen LogP contribution < -0.4 is 4.90 Å². The Kier molecular flexibility index (Phi) is 6.36. The summed E-state index contributed by atoms with van der Waals surface area (Å²) in [6.07, 6.45) is 3.79. The molecule has 1 heterocycles. The molecule has 0 aliphatic heterocycles. The average molecular weight is 643 g/mol. The van der Waals surface area contributed by atoms with Gasteiger partial charge in [-0.2, -0.15) is 0 Å². The fourth-order valence-corrected chi connectivity index (χ4v) is 9.90. The maximum Gasteiger partial charge on any atom is 0.0464 e. The number of hydrogen-bond acceptors (Lipinski definition) is 2. The van der Waals surface area contributed by atoms with Crippen molar-refractivity contribution < 1.29 is 0 Å². The maximum absolute atomic E-state index is 4.28. The molecule has 10 rings (SSSR count). The smallest absolute Gasteiger partial charge is 0.0464 e. The van der Waals surface area contributed by atoms with Gasteiger partial charge in [0.15, 0.2) is 0 Å². The van der Waals surface area contributed by atoms with Crippen LogP contribution in [0, 0.1) is 19.3 Å². The number of fused-ring (bicyclic) bond motifs is 9. The monoisotopic (exact) mass is 642 g/mol. The number of pyridine rings is 1. The van der Waals surface area contributed by atoms with Gasteiger partial charge < -0.3 is 4.90 Å². The highest BCUT2D eigenvalue weighted by atomic mass is 15.1. The first-order chi connectivity index (χ1) is 24.5. The standard InChI is InChI=1S/C48H38N2/c1-30-12-17-35(18-13-30)50(36-19-14-33(15-20-36)38-9-5-4-8-31(38)2)37-21-23-42-44(29-37)47-41-22-16-34(32-24-26-49-27-25-32)28-43(41)46-40-11-7-6-10-39(40)45(42)48(46,47)3/h4-29,45-47H,1-3H3. The minimum Gasteiger partial charge on any atom is -0.310 e. The van der Waals surface area contributed by atoms with Crippen LogP contribution in [-0.2, 0) is 0 Å². The molecule has 2 nitrogen and oxygen atoms in total. The molecule has 6 aromatic carbocycles. The molecule has 0 N–H and O–H groups in total. The van der Waals surface area contributed by atoms with Gasteiger partial charge in [0.25, 0.3) is 0 Å². The average Bonchev–Trinajstić information content (AvgIpc) is 3.69. The topological polar surface area (TPSA) is 16.1 Å². The molecule has 3 aliphatic carbocycles. The Hall–Kier alpha value is -5.73. The molecule has 2 heteroatoms. The van der Waals surface area contributed by atoms with Gasteiger partial charge in [0, 0.05) is 52.6 Å². The summed E-state index contributed by atoms with van der Waals surface area (Å²) in [4.78, 5) is 6.72. The van der Waals surface area contributed by atoms with Crippen molar-refractivity contribution in [2.45, 2.75) is 38.5 Å². The molecule has 1 aromatic heterocycles. The largest absolute Gasteiger partial charge is 0.310 e. The first-order valence-corrected chi connectivity index (χ1v) is 17.8. The van der Waals surface area contributed by atoms with Crippen LogP contribution in [0.25, 0.3) is 22.3 Å². The molecular weight excluding hydrogens is 605 g/mol. The minimum atomic E-state index is 0.0354. The molecule has 240 valence electrons. The van der Waals surface area contributed by atoms with Crippen molar-refractivity contribution in [2.24, 2.45) is 5.41 Å². The lowest BCUT2D eigenvalue weighted by Gasteiger charge is -2.31. The first kappa shape index (κ1) is 29.2. The Balaban J connectivity index is 1.14. The zero-order valence-electron chi connectivity index (χ0n) is 28.6. The van der Waals surface area contributed by atoms with Crippen LogP contribution >= 0.6 is 0 Å². The second-order valence-electron chi connectivity index (χ2n) is 14.7. The van der Waals surface area contributed by atoms with Crippen LogP contribution in [0.15, 0.2) is 158 Å². The van der Waals surface area contributed by atoms with Crippen molar-refractivity contribution in [2.75, 3.05) is 4.90 Å². The summed E-state index contributed by atoms with van der Waals surface area (Å²) in [5, 5.41) is 0. The van der Waals surface area contributed by atoms with E-state index in [9.17, 15) is 0 Å². The first-order valence-electron chi connectivity index (χ1n) is 17.8. The fourth-order valence-electron chi connectivity index (χ4n) is 9.90. The molecule has 0 bridgehead atoms. The van der Waals surface area contributed by atoms with Gasteiger partial charge in [-0.15, -0.1) is 0 Å². The van der Waals surface area contributed by atoms with E-state index in [1.165, 1.54) is 78.1 Å². The van der Waals surface area contributed by atoms with Crippen molar-refractivity contribution >= 4 is 17.1 Å². The number of rotatable bonds is 5. The molecule has 0 saturated heterocycles. The van der Waals surface area contributed by atoms with Crippen molar-refractivity contribution in [3.05, 3.63) is 202 Å². The third-order valence-electron chi connectivity index (χ3n) is 12.0. The Morgan fingerprint density at radius 3 is 1.66 bits per heavy atom. The zero-order valence-corrected chi connectivity index (χ0v) is 28.6.